The van der Waals surface area contributed by atoms with Gasteiger partial charge in [-0.2, -0.15) is 0 Å². The lowest BCUT2D eigenvalue weighted by Crippen LogP contribution is -2.45. The molecule has 0 bridgehead atoms. The van der Waals surface area contributed by atoms with E-state index in [0.29, 0.717) is 18.9 Å². The molecule has 0 unspecified atom stereocenters. The van der Waals surface area contributed by atoms with Gasteiger partial charge in [-0.1, -0.05) is 19.3 Å². The van der Waals surface area contributed by atoms with E-state index >= 15 is 0 Å². The summed E-state index contributed by atoms with van der Waals surface area (Å²) in [4.78, 5) is 30.1. The van der Waals surface area contributed by atoms with Crippen molar-refractivity contribution in [3.05, 3.63) is 16.6 Å². The molecule has 1 saturated carbocycles. The van der Waals surface area contributed by atoms with Gasteiger partial charge in [0.05, 0.1) is 17.7 Å². The Kier molecular flexibility index (Phi) is 6.36. The molecular weight excluding hydrogens is 298 g/mol. The minimum atomic E-state index is -0.486. The number of nitrogens with one attached hydrogen (secondary N) is 1. The highest BCUT2D eigenvalue weighted by atomic mass is 32.1. The Bertz CT molecular complexity index is 484. The van der Waals surface area contributed by atoms with Crippen LogP contribution in [0.1, 0.15) is 51.1 Å². The molecule has 1 aliphatic rings. The van der Waals surface area contributed by atoms with Crippen LogP contribution >= 0.6 is 11.3 Å². The molecule has 2 amide bonds. The number of hydrogen-bond donors (Lipinski definition) is 1. The van der Waals surface area contributed by atoms with Crippen molar-refractivity contribution >= 4 is 23.2 Å². The summed E-state index contributed by atoms with van der Waals surface area (Å²) in [5.41, 5.74) is 2.63. The van der Waals surface area contributed by atoms with Crippen LogP contribution in [0.4, 0.5) is 0 Å². The van der Waals surface area contributed by atoms with E-state index in [1.165, 1.54) is 30.6 Å². The van der Waals surface area contributed by atoms with Gasteiger partial charge in [0.15, 0.2) is 0 Å². The number of aromatic nitrogens is 1. The van der Waals surface area contributed by atoms with Crippen molar-refractivity contribution in [2.45, 2.75) is 58.0 Å². The summed E-state index contributed by atoms with van der Waals surface area (Å²) in [5.74, 6) is 0.406. The first-order valence-corrected chi connectivity index (χ1v) is 8.92. The highest BCUT2D eigenvalue weighted by Gasteiger charge is 2.22. The zero-order chi connectivity index (χ0) is 15.9. The summed E-state index contributed by atoms with van der Waals surface area (Å²) in [6.07, 6.45) is 6.56. The predicted octanol–water partition coefficient (Wildman–Crippen LogP) is 2.58. The topological polar surface area (TPSA) is 62.3 Å². The summed E-state index contributed by atoms with van der Waals surface area (Å²) in [6, 6.07) is -0.486. The molecule has 1 aromatic rings. The van der Waals surface area contributed by atoms with Crippen LogP contribution in [0.3, 0.4) is 0 Å². The molecular formula is C16H25N3O2S. The van der Waals surface area contributed by atoms with Crippen LogP contribution < -0.4 is 5.32 Å². The number of amides is 2. The molecule has 0 aromatic carbocycles. The number of nitrogens with zero attached hydrogens (tertiary/aromatic N) is 2. The Hall–Kier alpha value is -1.43. The minimum absolute atomic E-state index is 0.00481. The molecule has 122 valence electrons. The minimum Gasteiger partial charge on any atom is -0.345 e. The summed E-state index contributed by atoms with van der Waals surface area (Å²) in [6.45, 7) is 2.23. The van der Waals surface area contributed by atoms with E-state index in [9.17, 15) is 9.59 Å². The highest BCUT2D eigenvalue weighted by Crippen LogP contribution is 2.26. The average molecular weight is 323 g/mol. The van der Waals surface area contributed by atoms with Crippen LogP contribution in [0.15, 0.2) is 10.9 Å². The Morgan fingerprint density at radius 3 is 2.77 bits per heavy atom. The smallest absolute Gasteiger partial charge is 0.244 e. The predicted molar refractivity (Wildman–Crippen MR) is 87.4 cm³/mol. The van der Waals surface area contributed by atoms with Crippen LogP contribution in [0.5, 0.6) is 0 Å². The monoisotopic (exact) mass is 323 g/mol. The first-order valence-electron chi connectivity index (χ1n) is 7.97. The van der Waals surface area contributed by atoms with Crippen molar-refractivity contribution in [1.29, 1.82) is 0 Å². The number of hydrogen-bond acceptors (Lipinski definition) is 4. The Labute approximate surface area is 136 Å². The average Bonchev–Trinajstić information content (AvgIpc) is 3.00. The molecule has 0 spiro atoms. The maximum Gasteiger partial charge on any atom is 0.244 e. The Balaban J connectivity index is 1.76. The summed E-state index contributed by atoms with van der Waals surface area (Å²) < 4.78 is 0. The van der Waals surface area contributed by atoms with Crippen LogP contribution in [0, 0.1) is 5.92 Å². The molecule has 1 N–H and O–H groups in total. The molecule has 1 fully saturated rings. The van der Waals surface area contributed by atoms with Crippen LogP contribution in [0.25, 0.3) is 0 Å². The molecule has 0 saturated heterocycles. The molecule has 22 heavy (non-hydrogen) atoms. The van der Waals surface area contributed by atoms with Crippen LogP contribution in [-0.4, -0.2) is 34.8 Å². The molecule has 5 nitrogen and oxygen atoms in total. The fraction of sp³-hybridized carbons (Fsp3) is 0.688. The molecule has 1 aliphatic carbocycles. The van der Waals surface area contributed by atoms with Crippen molar-refractivity contribution < 1.29 is 9.59 Å². The molecule has 2 rings (SSSR count). The van der Waals surface area contributed by atoms with Crippen molar-refractivity contribution in [2.24, 2.45) is 5.92 Å². The molecule has 1 heterocycles. The maximum atomic E-state index is 12.3. The van der Waals surface area contributed by atoms with Gasteiger partial charge in [-0.15, -0.1) is 11.3 Å². The zero-order valence-electron chi connectivity index (χ0n) is 13.4. The summed E-state index contributed by atoms with van der Waals surface area (Å²) >= 11 is 1.51. The van der Waals surface area contributed by atoms with Gasteiger partial charge in [0.1, 0.15) is 6.04 Å². The van der Waals surface area contributed by atoms with E-state index in [0.717, 1.165) is 18.5 Å². The highest BCUT2D eigenvalue weighted by molar-refractivity contribution is 7.07. The number of likely N-dealkylation sites (N-methyl/N-ethyl adjacent to an activating group) is 1. The lowest BCUT2D eigenvalue weighted by atomic mass is 9.87. The maximum absolute atomic E-state index is 12.3. The van der Waals surface area contributed by atoms with Gasteiger partial charge in [-0.05, 0) is 25.7 Å². The van der Waals surface area contributed by atoms with E-state index in [4.69, 9.17) is 0 Å². The number of carbonyl (C=O) groups is 2. The lowest BCUT2D eigenvalue weighted by molar-refractivity contribution is -0.135. The molecule has 6 heteroatoms. The summed E-state index contributed by atoms with van der Waals surface area (Å²) in [7, 11) is 1.74. The van der Waals surface area contributed by atoms with E-state index < -0.39 is 6.04 Å². The van der Waals surface area contributed by atoms with E-state index in [1.807, 2.05) is 5.38 Å². The van der Waals surface area contributed by atoms with E-state index in [1.54, 1.807) is 24.4 Å². The molecule has 0 radical (unpaired) electrons. The second kappa shape index (κ2) is 8.27. The second-order valence-corrected chi connectivity index (χ2v) is 6.89. The summed E-state index contributed by atoms with van der Waals surface area (Å²) in [5, 5.41) is 4.77. The molecule has 0 aliphatic heterocycles. The third-order valence-corrected chi connectivity index (χ3v) is 4.84. The fourth-order valence-electron chi connectivity index (χ4n) is 2.98. The van der Waals surface area contributed by atoms with Crippen LogP contribution in [0.2, 0.25) is 0 Å². The fourth-order valence-corrected chi connectivity index (χ4v) is 3.53. The lowest BCUT2D eigenvalue weighted by Gasteiger charge is -2.24. The van der Waals surface area contributed by atoms with Gasteiger partial charge in [-0.25, -0.2) is 4.98 Å². The standard InChI is InChI=1S/C16H25N3O2S/c1-12(16(21)19(2)9-14-10-22-11-17-14)18-15(20)8-13-6-4-3-5-7-13/h10-13H,3-9H2,1-2H3,(H,18,20)/t12-/m1/s1. The third kappa shape index (κ3) is 5.09. The van der Waals surface area contributed by atoms with Gasteiger partial charge >= 0.3 is 0 Å². The van der Waals surface area contributed by atoms with Gasteiger partial charge in [0, 0.05) is 18.8 Å². The normalized spacial score (nSPS) is 17.0. The van der Waals surface area contributed by atoms with Gasteiger partial charge in [-0.3, -0.25) is 9.59 Å². The van der Waals surface area contributed by atoms with Gasteiger partial charge in [0.2, 0.25) is 11.8 Å². The Morgan fingerprint density at radius 2 is 2.14 bits per heavy atom. The molecule has 1 atom stereocenters. The van der Waals surface area contributed by atoms with Crippen molar-refractivity contribution in [3.63, 3.8) is 0 Å². The van der Waals surface area contributed by atoms with Crippen molar-refractivity contribution in [2.75, 3.05) is 7.05 Å². The first kappa shape index (κ1) is 16.9. The number of rotatable bonds is 6. The van der Waals surface area contributed by atoms with Crippen molar-refractivity contribution in [3.8, 4) is 0 Å². The number of thiazole rings is 1. The SMILES string of the molecule is C[C@@H](NC(=O)CC1CCCCC1)C(=O)N(C)Cc1cscn1. The molecule has 1 aromatic heterocycles. The van der Waals surface area contributed by atoms with E-state index in [-0.39, 0.29) is 11.8 Å². The quantitative estimate of drug-likeness (QED) is 0.875. The Morgan fingerprint density at radius 1 is 1.41 bits per heavy atom. The van der Waals surface area contributed by atoms with Crippen LogP contribution in [-0.2, 0) is 16.1 Å². The largest absolute Gasteiger partial charge is 0.345 e. The van der Waals surface area contributed by atoms with Gasteiger partial charge < -0.3 is 10.2 Å². The first-order chi connectivity index (χ1) is 10.6. The van der Waals surface area contributed by atoms with Gasteiger partial charge in [0.25, 0.3) is 0 Å². The second-order valence-electron chi connectivity index (χ2n) is 6.17. The van der Waals surface area contributed by atoms with Crippen molar-refractivity contribution in [1.82, 2.24) is 15.2 Å². The van der Waals surface area contributed by atoms with E-state index in [2.05, 4.69) is 10.3 Å². The number of carbonyl (C=O) groups excluding carboxylic acids is 2. The zero-order valence-corrected chi connectivity index (χ0v) is 14.2. The third-order valence-electron chi connectivity index (χ3n) is 4.21.